The Morgan fingerprint density at radius 2 is 2.00 bits per heavy atom. The lowest BCUT2D eigenvalue weighted by Gasteiger charge is -2.28. The molecule has 2 saturated heterocycles. The van der Waals surface area contributed by atoms with Crippen LogP contribution >= 0.6 is 11.3 Å². The fourth-order valence-corrected chi connectivity index (χ4v) is 6.03. The summed E-state index contributed by atoms with van der Waals surface area (Å²) in [6.45, 7) is 2.23. The third-order valence-corrected chi connectivity index (χ3v) is 7.95. The molecule has 2 aliphatic heterocycles. The zero-order valence-corrected chi connectivity index (χ0v) is 22.3. The fraction of sp³-hybridized carbons (Fsp3) is 0.357. The molecule has 10 nitrogen and oxygen atoms in total. The first kappa shape index (κ1) is 26.5. The van der Waals surface area contributed by atoms with Crippen LogP contribution in [-0.4, -0.2) is 74.7 Å². The van der Waals surface area contributed by atoms with E-state index in [1.54, 1.807) is 35.6 Å². The van der Waals surface area contributed by atoms with E-state index in [1.165, 1.54) is 16.2 Å². The number of carbonyl (C=O) groups is 4. The highest BCUT2D eigenvalue weighted by atomic mass is 32.1. The Labute approximate surface area is 230 Å². The molecule has 3 atom stereocenters. The highest BCUT2D eigenvalue weighted by Gasteiger charge is 2.52. The van der Waals surface area contributed by atoms with Crippen LogP contribution in [0.3, 0.4) is 0 Å². The van der Waals surface area contributed by atoms with Crippen molar-refractivity contribution in [1.82, 2.24) is 25.1 Å². The summed E-state index contributed by atoms with van der Waals surface area (Å²) in [5, 5.41) is 3.07. The predicted octanol–water partition coefficient (Wildman–Crippen LogP) is 3.09. The van der Waals surface area contributed by atoms with Crippen LogP contribution in [0.1, 0.15) is 31.7 Å². The SMILES string of the molecule is CCCC(NC(=O)Oc1ccc(-c2ccccn2)s1)C(=O)N1CCC2C1C(=O)CN2C(=O)Cc1cccnc1. The van der Waals surface area contributed by atoms with Crippen molar-refractivity contribution >= 4 is 35.0 Å². The van der Waals surface area contributed by atoms with Gasteiger partial charge in [-0.15, -0.1) is 0 Å². The van der Waals surface area contributed by atoms with E-state index in [0.717, 1.165) is 16.1 Å². The van der Waals surface area contributed by atoms with Gasteiger partial charge in [0.15, 0.2) is 10.8 Å². The highest BCUT2D eigenvalue weighted by Crippen LogP contribution is 2.33. The van der Waals surface area contributed by atoms with Crippen molar-refractivity contribution in [2.45, 2.75) is 50.7 Å². The van der Waals surface area contributed by atoms with E-state index in [1.807, 2.05) is 37.3 Å². The third kappa shape index (κ3) is 5.83. The van der Waals surface area contributed by atoms with Gasteiger partial charge in [0.1, 0.15) is 12.1 Å². The Bertz CT molecular complexity index is 1350. The van der Waals surface area contributed by atoms with E-state index in [2.05, 4.69) is 15.3 Å². The largest absolute Gasteiger partial charge is 0.414 e. The van der Waals surface area contributed by atoms with Crippen molar-refractivity contribution in [1.29, 1.82) is 0 Å². The van der Waals surface area contributed by atoms with E-state index in [9.17, 15) is 19.2 Å². The molecule has 0 saturated carbocycles. The summed E-state index contributed by atoms with van der Waals surface area (Å²) < 4.78 is 5.46. The summed E-state index contributed by atoms with van der Waals surface area (Å²) in [5.74, 6) is -0.661. The second-order valence-electron chi connectivity index (χ2n) is 9.57. The number of amides is 3. The summed E-state index contributed by atoms with van der Waals surface area (Å²) in [4.78, 5) is 64.6. The Hall–Kier alpha value is -4.12. The smallest absolute Gasteiger partial charge is 0.399 e. The molecule has 39 heavy (non-hydrogen) atoms. The predicted molar refractivity (Wildman–Crippen MR) is 144 cm³/mol. The molecule has 5 rings (SSSR count). The van der Waals surface area contributed by atoms with Gasteiger partial charge in [0, 0.05) is 25.1 Å². The zero-order chi connectivity index (χ0) is 27.4. The number of thiophene rings is 1. The maximum atomic E-state index is 13.6. The van der Waals surface area contributed by atoms with Gasteiger partial charge in [-0.1, -0.05) is 36.8 Å². The molecular formula is C28H29N5O5S. The van der Waals surface area contributed by atoms with Crippen molar-refractivity contribution in [3.63, 3.8) is 0 Å². The van der Waals surface area contributed by atoms with E-state index in [4.69, 9.17) is 4.74 Å². The molecule has 11 heteroatoms. The second kappa shape index (κ2) is 11.7. The summed E-state index contributed by atoms with van der Waals surface area (Å²) in [6.07, 6.45) is 5.92. The summed E-state index contributed by atoms with van der Waals surface area (Å²) >= 11 is 1.28. The molecule has 0 bridgehead atoms. The molecule has 0 spiro atoms. The lowest BCUT2D eigenvalue weighted by molar-refractivity contribution is -0.138. The Morgan fingerprint density at radius 1 is 1.13 bits per heavy atom. The van der Waals surface area contributed by atoms with Crippen molar-refractivity contribution < 1.29 is 23.9 Å². The number of ketones is 1. The van der Waals surface area contributed by atoms with Crippen molar-refractivity contribution in [2.24, 2.45) is 0 Å². The Morgan fingerprint density at radius 3 is 2.74 bits per heavy atom. The number of likely N-dealkylation sites (tertiary alicyclic amines) is 2. The number of Topliss-reactive ketones (excluding diaryl/α,β-unsaturated/α-hetero) is 1. The van der Waals surface area contributed by atoms with Crippen LogP contribution < -0.4 is 10.1 Å². The van der Waals surface area contributed by atoms with Gasteiger partial charge >= 0.3 is 6.09 Å². The molecule has 3 unspecified atom stereocenters. The second-order valence-corrected chi connectivity index (χ2v) is 10.6. The average molecular weight is 548 g/mol. The minimum absolute atomic E-state index is 0.0247. The molecule has 0 aliphatic carbocycles. The van der Waals surface area contributed by atoms with Crippen LogP contribution in [-0.2, 0) is 20.8 Å². The lowest BCUT2D eigenvalue weighted by Crippen LogP contribution is -2.53. The van der Waals surface area contributed by atoms with Gasteiger partial charge in [0.2, 0.25) is 11.8 Å². The molecule has 2 fully saturated rings. The van der Waals surface area contributed by atoms with Gasteiger partial charge in [-0.25, -0.2) is 4.79 Å². The molecule has 202 valence electrons. The van der Waals surface area contributed by atoms with Gasteiger partial charge in [-0.3, -0.25) is 24.4 Å². The minimum atomic E-state index is -0.843. The first-order valence-corrected chi connectivity index (χ1v) is 13.8. The monoisotopic (exact) mass is 547 g/mol. The summed E-state index contributed by atoms with van der Waals surface area (Å²) in [7, 11) is 0. The topological polar surface area (TPSA) is 122 Å². The quantitative estimate of drug-likeness (QED) is 0.460. The molecule has 0 aromatic carbocycles. The zero-order valence-electron chi connectivity index (χ0n) is 21.5. The van der Waals surface area contributed by atoms with Gasteiger partial charge in [-0.2, -0.15) is 0 Å². The first-order chi connectivity index (χ1) is 18.9. The van der Waals surface area contributed by atoms with Gasteiger partial charge < -0.3 is 19.9 Å². The number of fused-ring (bicyclic) bond motifs is 1. The number of hydrogen-bond donors (Lipinski definition) is 1. The normalized spacial score (nSPS) is 19.1. The van der Waals surface area contributed by atoms with Crippen LogP contribution in [0.15, 0.2) is 61.1 Å². The number of rotatable bonds is 8. The highest BCUT2D eigenvalue weighted by molar-refractivity contribution is 7.17. The molecule has 5 heterocycles. The number of ether oxygens (including phenoxy) is 1. The maximum absolute atomic E-state index is 13.6. The Balaban J connectivity index is 1.22. The fourth-order valence-electron chi connectivity index (χ4n) is 5.20. The van der Waals surface area contributed by atoms with Crippen LogP contribution in [0.2, 0.25) is 0 Å². The van der Waals surface area contributed by atoms with Gasteiger partial charge in [0.05, 0.1) is 29.6 Å². The summed E-state index contributed by atoms with van der Waals surface area (Å²) in [5.41, 5.74) is 1.54. The third-order valence-electron chi connectivity index (χ3n) is 6.96. The van der Waals surface area contributed by atoms with Gasteiger partial charge in [-0.05, 0) is 48.7 Å². The van der Waals surface area contributed by atoms with Crippen molar-refractivity contribution in [3.8, 4) is 15.6 Å². The van der Waals surface area contributed by atoms with Crippen LogP contribution in [0.25, 0.3) is 10.6 Å². The number of nitrogens with zero attached hydrogens (tertiary/aromatic N) is 4. The number of aromatic nitrogens is 2. The van der Waals surface area contributed by atoms with Crippen molar-refractivity contribution in [2.75, 3.05) is 13.1 Å². The molecule has 3 aromatic rings. The van der Waals surface area contributed by atoms with E-state index < -0.39 is 18.2 Å². The number of pyridine rings is 2. The molecule has 3 amide bonds. The molecule has 1 N–H and O–H groups in total. The molecule has 0 radical (unpaired) electrons. The van der Waals surface area contributed by atoms with Crippen LogP contribution in [0.4, 0.5) is 4.79 Å². The Kier molecular flexibility index (Phi) is 7.97. The number of hydrogen-bond acceptors (Lipinski definition) is 8. The van der Waals surface area contributed by atoms with E-state index in [-0.39, 0.29) is 36.6 Å². The van der Waals surface area contributed by atoms with Crippen LogP contribution in [0.5, 0.6) is 5.06 Å². The summed E-state index contributed by atoms with van der Waals surface area (Å²) in [6, 6.07) is 10.8. The van der Waals surface area contributed by atoms with Crippen LogP contribution in [0, 0.1) is 0 Å². The average Bonchev–Trinajstić information content (AvgIpc) is 3.66. The molecular weight excluding hydrogens is 518 g/mol. The minimum Gasteiger partial charge on any atom is -0.399 e. The van der Waals surface area contributed by atoms with E-state index >= 15 is 0 Å². The standard InChI is InChI=1S/C28H29N5O5S/c1-2-6-20(31-28(37)38-25-10-9-23(39-25)19-8-3-4-13-30-19)27(36)32-14-11-21-26(32)22(34)17-33(21)24(35)15-18-7-5-12-29-16-18/h3-5,7-10,12-13,16,20-21,26H,2,6,11,14-15,17H2,1H3,(H,31,37). The van der Waals surface area contributed by atoms with Crippen molar-refractivity contribution in [3.05, 3.63) is 66.6 Å². The van der Waals surface area contributed by atoms with Gasteiger partial charge in [0.25, 0.3) is 0 Å². The molecule has 2 aliphatic rings. The molecule has 3 aromatic heterocycles. The maximum Gasteiger partial charge on any atom is 0.414 e. The first-order valence-electron chi connectivity index (χ1n) is 13.0. The number of carbonyl (C=O) groups excluding carboxylic acids is 4. The number of nitrogens with one attached hydrogen (secondary N) is 1. The van der Waals surface area contributed by atoms with E-state index in [0.29, 0.717) is 30.9 Å². The lowest BCUT2D eigenvalue weighted by atomic mass is 10.1.